The van der Waals surface area contributed by atoms with Gasteiger partial charge in [-0.15, -0.1) is 0 Å². The van der Waals surface area contributed by atoms with Gasteiger partial charge in [-0.05, 0) is 51.6 Å². The molecule has 0 aliphatic carbocycles. The Morgan fingerprint density at radius 2 is 1.76 bits per heavy atom. The van der Waals surface area contributed by atoms with E-state index in [4.69, 9.17) is 0 Å². The van der Waals surface area contributed by atoms with Crippen molar-refractivity contribution in [3.63, 3.8) is 0 Å². The molecule has 17 heavy (non-hydrogen) atoms. The van der Waals surface area contributed by atoms with Gasteiger partial charge < -0.3 is 5.32 Å². The van der Waals surface area contributed by atoms with Crippen LogP contribution in [0, 0.1) is 13.8 Å². The van der Waals surface area contributed by atoms with Crippen LogP contribution in [0.5, 0.6) is 0 Å². The number of hydrogen-bond acceptors (Lipinski definition) is 4. The summed E-state index contributed by atoms with van der Waals surface area (Å²) >= 11 is 1.77. The lowest BCUT2D eigenvalue weighted by Gasteiger charge is -2.11. The van der Waals surface area contributed by atoms with Gasteiger partial charge in [0.25, 0.3) is 0 Å². The maximum absolute atomic E-state index is 4.56. The summed E-state index contributed by atoms with van der Waals surface area (Å²) in [5.74, 6) is 1.86. The lowest BCUT2D eigenvalue weighted by molar-refractivity contribution is 0.665. The molecule has 0 amide bonds. The summed E-state index contributed by atoms with van der Waals surface area (Å²) in [6.45, 7) is 8.47. The predicted molar refractivity (Wildman–Crippen MR) is 75.6 cm³/mol. The largest absolute Gasteiger partial charge is 0.316 e. The zero-order chi connectivity index (χ0) is 12.7. The third-order valence-electron chi connectivity index (χ3n) is 2.72. The predicted octanol–water partition coefficient (Wildman–Crippen LogP) is 2.50. The van der Waals surface area contributed by atoms with Crippen LogP contribution in [-0.2, 0) is 12.2 Å². The molecule has 0 atom stereocenters. The molecule has 0 aliphatic heterocycles. The Morgan fingerprint density at radius 1 is 1.12 bits per heavy atom. The maximum Gasteiger partial charge on any atom is 0.138 e. The van der Waals surface area contributed by atoms with Gasteiger partial charge in [0, 0.05) is 11.4 Å². The zero-order valence-corrected chi connectivity index (χ0v) is 12.2. The van der Waals surface area contributed by atoms with Gasteiger partial charge in [-0.2, -0.15) is 11.8 Å². The molecule has 1 N–H and O–H groups in total. The lowest BCUT2D eigenvalue weighted by atomic mass is 10.1. The minimum Gasteiger partial charge on any atom is -0.316 e. The number of aromatic nitrogens is 2. The van der Waals surface area contributed by atoms with Crippen molar-refractivity contribution in [3.05, 3.63) is 22.8 Å². The second-order valence-electron chi connectivity index (χ2n) is 4.22. The van der Waals surface area contributed by atoms with Crippen LogP contribution < -0.4 is 5.32 Å². The van der Waals surface area contributed by atoms with E-state index >= 15 is 0 Å². The van der Waals surface area contributed by atoms with Gasteiger partial charge in [0.05, 0.1) is 5.75 Å². The van der Waals surface area contributed by atoms with Gasteiger partial charge in [0.1, 0.15) is 5.82 Å². The molecule has 0 bridgehead atoms. The van der Waals surface area contributed by atoms with Crippen LogP contribution in [0.1, 0.15) is 36.1 Å². The molecule has 0 saturated carbocycles. The van der Waals surface area contributed by atoms with Gasteiger partial charge in [0.2, 0.25) is 0 Å². The Hall–Kier alpha value is -0.610. The molecule has 1 rings (SSSR count). The standard InChI is InChI=1S/C13H23N3S/c1-5-7-14-8-6-12-10(2)15-13(9-17-4)16-11(12)3/h14H,5-9H2,1-4H3. The monoisotopic (exact) mass is 253 g/mol. The fraction of sp³-hybridized carbons (Fsp3) is 0.692. The van der Waals surface area contributed by atoms with Gasteiger partial charge in [-0.1, -0.05) is 6.92 Å². The highest BCUT2D eigenvalue weighted by molar-refractivity contribution is 7.97. The van der Waals surface area contributed by atoms with Crippen molar-refractivity contribution in [1.29, 1.82) is 0 Å². The van der Waals surface area contributed by atoms with Crippen molar-refractivity contribution < 1.29 is 0 Å². The molecule has 0 radical (unpaired) electrons. The first-order valence-electron chi connectivity index (χ1n) is 6.21. The molecule has 96 valence electrons. The van der Waals surface area contributed by atoms with E-state index in [1.807, 2.05) is 0 Å². The summed E-state index contributed by atoms with van der Waals surface area (Å²) in [6, 6.07) is 0. The van der Waals surface area contributed by atoms with Crippen molar-refractivity contribution in [1.82, 2.24) is 15.3 Å². The van der Waals surface area contributed by atoms with E-state index in [2.05, 4.69) is 42.3 Å². The van der Waals surface area contributed by atoms with E-state index in [9.17, 15) is 0 Å². The smallest absolute Gasteiger partial charge is 0.138 e. The van der Waals surface area contributed by atoms with Gasteiger partial charge in [0.15, 0.2) is 0 Å². The van der Waals surface area contributed by atoms with E-state index in [0.29, 0.717) is 0 Å². The van der Waals surface area contributed by atoms with E-state index in [1.165, 1.54) is 12.0 Å². The molecular weight excluding hydrogens is 230 g/mol. The second kappa shape index (κ2) is 7.67. The minimum absolute atomic E-state index is 0.899. The topological polar surface area (TPSA) is 37.8 Å². The van der Waals surface area contributed by atoms with Crippen LogP contribution in [0.2, 0.25) is 0 Å². The van der Waals surface area contributed by atoms with Crippen LogP contribution in [0.3, 0.4) is 0 Å². The Labute approximate surface area is 109 Å². The van der Waals surface area contributed by atoms with E-state index in [1.54, 1.807) is 11.8 Å². The summed E-state index contributed by atoms with van der Waals surface area (Å²) < 4.78 is 0. The van der Waals surface area contributed by atoms with Gasteiger partial charge in [-0.25, -0.2) is 9.97 Å². The second-order valence-corrected chi connectivity index (χ2v) is 5.09. The molecule has 0 aliphatic rings. The first-order chi connectivity index (χ1) is 8.19. The summed E-state index contributed by atoms with van der Waals surface area (Å²) in [5.41, 5.74) is 3.58. The van der Waals surface area contributed by atoms with Crippen molar-refractivity contribution in [2.45, 2.75) is 39.4 Å². The van der Waals surface area contributed by atoms with E-state index in [-0.39, 0.29) is 0 Å². The molecule has 1 heterocycles. The third kappa shape index (κ3) is 4.64. The highest BCUT2D eigenvalue weighted by Crippen LogP contribution is 2.13. The lowest BCUT2D eigenvalue weighted by Crippen LogP contribution is -2.19. The number of nitrogens with zero attached hydrogens (tertiary/aromatic N) is 2. The normalized spacial score (nSPS) is 10.8. The maximum atomic E-state index is 4.56. The van der Waals surface area contributed by atoms with Crippen LogP contribution in [-0.4, -0.2) is 29.3 Å². The summed E-state index contributed by atoms with van der Waals surface area (Å²) in [7, 11) is 0. The molecule has 0 fully saturated rings. The molecule has 1 aromatic rings. The highest BCUT2D eigenvalue weighted by atomic mass is 32.2. The summed E-state index contributed by atoms with van der Waals surface area (Å²) in [5, 5.41) is 3.42. The van der Waals surface area contributed by atoms with Crippen molar-refractivity contribution in [2.24, 2.45) is 0 Å². The van der Waals surface area contributed by atoms with Crippen molar-refractivity contribution in [3.8, 4) is 0 Å². The Morgan fingerprint density at radius 3 is 2.29 bits per heavy atom. The molecule has 0 saturated heterocycles. The molecule has 0 aromatic carbocycles. The van der Waals surface area contributed by atoms with Gasteiger partial charge in [-0.3, -0.25) is 0 Å². The quantitative estimate of drug-likeness (QED) is 0.758. The van der Waals surface area contributed by atoms with Crippen LogP contribution >= 0.6 is 11.8 Å². The number of aryl methyl sites for hydroxylation is 2. The Bertz CT molecular complexity index is 330. The first kappa shape index (κ1) is 14.5. The Balaban J connectivity index is 2.65. The SMILES string of the molecule is CCCNCCc1c(C)nc(CSC)nc1C. The number of thioether (sulfide) groups is 1. The number of rotatable bonds is 7. The highest BCUT2D eigenvalue weighted by Gasteiger charge is 2.07. The van der Waals surface area contributed by atoms with Crippen LogP contribution in [0.4, 0.5) is 0 Å². The average molecular weight is 253 g/mol. The molecule has 1 aromatic heterocycles. The minimum atomic E-state index is 0.899. The van der Waals surface area contributed by atoms with Crippen molar-refractivity contribution >= 4 is 11.8 Å². The third-order valence-corrected chi connectivity index (χ3v) is 3.27. The van der Waals surface area contributed by atoms with Crippen LogP contribution in [0.15, 0.2) is 0 Å². The molecular formula is C13H23N3S. The number of nitrogens with one attached hydrogen (secondary N) is 1. The fourth-order valence-corrected chi connectivity index (χ4v) is 2.27. The van der Waals surface area contributed by atoms with Crippen LogP contribution in [0.25, 0.3) is 0 Å². The molecule has 3 nitrogen and oxygen atoms in total. The molecule has 0 spiro atoms. The van der Waals surface area contributed by atoms with E-state index < -0.39 is 0 Å². The summed E-state index contributed by atoms with van der Waals surface area (Å²) in [4.78, 5) is 9.13. The number of hydrogen-bond donors (Lipinski definition) is 1. The van der Waals surface area contributed by atoms with E-state index in [0.717, 1.165) is 42.5 Å². The molecule has 0 unspecified atom stereocenters. The Kier molecular flexibility index (Phi) is 6.52. The first-order valence-corrected chi connectivity index (χ1v) is 7.61. The van der Waals surface area contributed by atoms with Gasteiger partial charge >= 0.3 is 0 Å². The molecule has 4 heteroatoms. The zero-order valence-electron chi connectivity index (χ0n) is 11.3. The van der Waals surface area contributed by atoms with Crippen molar-refractivity contribution in [2.75, 3.05) is 19.3 Å². The average Bonchev–Trinajstić information content (AvgIpc) is 2.27. The fourth-order valence-electron chi connectivity index (χ4n) is 1.88. The summed E-state index contributed by atoms with van der Waals surface area (Å²) in [6.07, 6.45) is 4.29.